The van der Waals surface area contributed by atoms with E-state index in [2.05, 4.69) is 46.0 Å². The van der Waals surface area contributed by atoms with E-state index in [0.717, 1.165) is 24.4 Å². The molecule has 3 heterocycles. The molecule has 0 saturated carbocycles. The van der Waals surface area contributed by atoms with E-state index in [1.165, 1.54) is 11.3 Å². The fraction of sp³-hybridized carbons (Fsp3) is 0.364. The van der Waals surface area contributed by atoms with Gasteiger partial charge in [0.05, 0.1) is 5.69 Å². The highest BCUT2D eigenvalue weighted by Crippen LogP contribution is 2.20. The van der Waals surface area contributed by atoms with Crippen LogP contribution in [0.4, 0.5) is 5.69 Å². The molecule has 6 heteroatoms. The number of aromatic nitrogens is 2. The molecule has 1 aliphatic rings. The lowest BCUT2D eigenvalue weighted by molar-refractivity contribution is 0.0739. The maximum Gasteiger partial charge on any atom is 0.274 e. The molecule has 28 heavy (non-hydrogen) atoms. The molecule has 0 unspecified atom stereocenters. The summed E-state index contributed by atoms with van der Waals surface area (Å²) in [6.07, 6.45) is 1.98. The van der Waals surface area contributed by atoms with Crippen molar-refractivity contribution >= 4 is 17.2 Å². The Morgan fingerprint density at radius 3 is 2.57 bits per heavy atom. The molecule has 146 valence electrons. The summed E-state index contributed by atoms with van der Waals surface area (Å²) in [4.78, 5) is 24.3. The van der Waals surface area contributed by atoms with E-state index >= 15 is 0 Å². The monoisotopic (exact) mass is 377 g/mol. The third-order valence-electron chi connectivity index (χ3n) is 5.23. The molecule has 0 bridgehead atoms. The van der Waals surface area contributed by atoms with E-state index < -0.39 is 0 Å². The first-order chi connectivity index (χ1) is 13.5. The van der Waals surface area contributed by atoms with Gasteiger partial charge in [0.1, 0.15) is 5.65 Å². The van der Waals surface area contributed by atoms with Crippen LogP contribution < -0.4 is 4.90 Å². The van der Waals surface area contributed by atoms with Crippen LogP contribution in [0.3, 0.4) is 0 Å². The average Bonchev–Trinajstić information content (AvgIpc) is 3.05. The lowest BCUT2D eigenvalue weighted by atomic mass is 10.2. The van der Waals surface area contributed by atoms with Gasteiger partial charge in [-0.25, -0.2) is 4.98 Å². The topological polar surface area (TPSA) is 44.1 Å². The number of aryl methyl sites for hydroxylation is 1. The minimum atomic E-state index is 0.0319. The van der Waals surface area contributed by atoms with Crippen molar-refractivity contribution in [2.75, 3.05) is 45.2 Å². The summed E-state index contributed by atoms with van der Waals surface area (Å²) < 4.78 is 2.02. The van der Waals surface area contributed by atoms with Gasteiger partial charge in [-0.15, -0.1) is 0 Å². The Balaban J connectivity index is 1.54. The van der Waals surface area contributed by atoms with E-state index in [1.807, 2.05) is 47.8 Å². The Kier molecular flexibility index (Phi) is 5.05. The lowest BCUT2D eigenvalue weighted by Gasteiger charge is -2.36. The molecule has 4 rings (SSSR count). The SMILES string of the molecule is Cc1cccc(N2CCN(C(=O)c3nc4ccccn4c3CN(C)C)CC2)c1. The number of piperazine rings is 1. The van der Waals surface area contributed by atoms with Crippen LogP contribution in [0.5, 0.6) is 0 Å². The van der Waals surface area contributed by atoms with Crippen LogP contribution in [0.1, 0.15) is 21.7 Å². The van der Waals surface area contributed by atoms with E-state index in [-0.39, 0.29) is 5.91 Å². The number of carbonyl (C=O) groups is 1. The summed E-state index contributed by atoms with van der Waals surface area (Å²) in [5, 5.41) is 0. The van der Waals surface area contributed by atoms with Gasteiger partial charge >= 0.3 is 0 Å². The second kappa shape index (κ2) is 7.64. The number of imidazole rings is 1. The molecule has 1 aliphatic heterocycles. The van der Waals surface area contributed by atoms with Gasteiger partial charge in [-0.1, -0.05) is 18.2 Å². The molecule has 0 spiro atoms. The third-order valence-corrected chi connectivity index (χ3v) is 5.23. The number of amides is 1. The van der Waals surface area contributed by atoms with Crippen molar-refractivity contribution < 1.29 is 4.79 Å². The summed E-state index contributed by atoms with van der Waals surface area (Å²) in [5.74, 6) is 0.0319. The van der Waals surface area contributed by atoms with Crippen molar-refractivity contribution in [3.63, 3.8) is 0 Å². The van der Waals surface area contributed by atoms with Crippen molar-refractivity contribution in [3.8, 4) is 0 Å². The number of rotatable bonds is 4. The molecule has 0 radical (unpaired) electrons. The quantitative estimate of drug-likeness (QED) is 0.701. The molecule has 1 amide bonds. The second-order valence-corrected chi connectivity index (χ2v) is 7.69. The van der Waals surface area contributed by atoms with Crippen molar-refractivity contribution in [2.24, 2.45) is 0 Å². The van der Waals surface area contributed by atoms with Crippen LogP contribution in [0.15, 0.2) is 48.7 Å². The molecule has 0 N–H and O–H groups in total. The highest BCUT2D eigenvalue weighted by molar-refractivity contribution is 5.94. The summed E-state index contributed by atoms with van der Waals surface area (Å²) in [7, 11) is 4.02. The lowest BCUT2D eigenvalue weighted by Crippen LogP contribution is -2.49. The Morgan fingerprint density at radius 1 is 1.07 bits per heavy atom. The number of benzene rings is 1. The predicted molar refractivity (Wildman–Crippen MR) is 112 cm³/mol. The van der Waals surface area contributed by atoms with Gasteiger partial charge < -0.3 is 19.1 Å². The summed E-state index contributed by atoms with van der Waals surface area (Å²) in [6.45, 7) is 5.88. The first kappa shape index (κ1) is 18.5. The molecule has 2 aromatic heterocycles. The Labute approximate surface area is 166 Å². The number of fused-ring (bicyclic) bond motifs is 1. The fourth-order valence-electron chi connectivity index (χ4n) is 3.81. The molecular formula is C22H27N5O. The molecule has 1 saturated heterocycles. The summed E-state index contributed by atoms with van der Waals surface area (Å²) in [6, 6.07) is 14.4. The third kappa shape index (κ3) is 3.60. The Hall–Kier alpha value is -2.86. The number of hydrogen-bond donors (Lipinski definition) is 0. The maximum absolute atomic E-state index is 13.3. The first-order valence-corrected chi connectivity index (χ1v) is 9.74. The van der Waals surface area contributed by atoms with E-state index in [4.69, 9.17) is 0 Å². The van der Waals surface area contributed by atoms with Gasteiger partial charge in [-0.2, -0.15) is 0 Å². The molecule has 3 aromatic rings. The highest BCUT2D eigenvalue weighted by Gasteiger charge is 2.27. The Bertz CT molecular complexity index is 986. The zero-order valence-electron chi connectivity index (χ0n) is 16.8. The van der Waals surface area contributed by atoms with Crippen molar-refractivity contribution in [3.05, 3.63) is 65.6 Å². The minimum absolute atomic E-state index is 0.0319. The normalized spacial score (nSPS) is 14.9. The first-order valence-electron chi connectivity index (χ1n) is 9.74. The van der Waals surface area contributed by atoms with Crippen LogP contribution in [0.2, 0.25) is 0 Å². The fourth-order valence-corrected chi connectivity index (χ4v) is 3.81. The predicted octanol–water partition coefficient (Wildman–Crippen LogP) is 2.67. The van der Waals surface area contributed by atoms with Crippen molar-refractivity contribution in [1.29, 1.82) is 0 Å². The minimum Gasteiger partial charge on any atom is -0.368 e. The van der Waals surface area contributed by atoms with E-state index in [1.54, 1.807) is 0 Å². The van der Waals surface area contributed by atoms with Crippen molar-refractivity contribution in [1.82, 2.24) is 19.2 Å². The van der Waals surface area contributed by atoms with Gasteiger partial charge in [0, 0.05) is 44.6 Å². The average molecular weight is 377 g/mol. The van der Waals surface area contributed by atoms with Gasteiger partial charge in [0.25, 0.3) is 5.91 Å². The number of pyridine rings is 1. The zero-order chi connectivity index (χ0) is 19.7. The van der Waals surface area contributed by atoms with Gasteiger partial charge in [0.15, 0.2) is 5.69 Å². The molecule has 1 fully saturated rings. The molecular weight excluding hydrogens is 350 g/mol. The van der Waals surface area contributed by atoms with Crippen LogP contribution in [0, 0.1) is 6.92 Å². The van der Waals surface area contributed by atoms with Crippen LogP contribution in [-0.4, -0.2) is 65.4 Å². The van der Waals surface area contributed by atoms with Gasteiger partial charge in [0.2, 0.25) is 0 Å². The highest BCUT2D eigenvalue weighted by atomic mass is 16.2. The van der Waals surface area contributed by atoms with Gasteiger partial charge in [-0.3, -0.25) is 4.79 Å². The Morgan fingerprint density at radius 2 is 1.86 bits per heavy atom. The number of anilines is 1. The van der Waals surface area contributed by atoms with Crippen LogP contribution >= 0.6 is 0 Å². The standard InChI is InChI=1S/C22H27N5O/c1-17-7-6-8-18(15-17)25-11-13-26(14-12-25)22(28)21-19(16-24(2)3)27-10-5-4-9-20(27)23-21/h4-10,15H,11-14,16H2,1-3H3. The number of hydrogen-bond acceptors (Lipinski definition) is 4. The maximum atomic E-state index is 13.3. The molecule has 6 nitrogen and oxygen atoms in total. The number of nitrogens with zero attached hydrogens (tertiary/aromatic N) is 5. The van der Waals surface area contributed by atoms with E-state index in [9.17, 15) is 4.79 Å². The zero-order valence-corrected chi connectivity index (χ0v) is 16.8. The second-order valence-electron chi connectivity index (χ2n) is 7.69. The van der Waals surface area contributed by atoms with Gasteiger partial charge in [-0.05, 0) is 50.8 Å². The molecule has 0 aliphatic carbocycles. The van der Waals surface area contributed by atoms with Crippen LogP contribution in [0.25, 0.3) is 5.65 Å². The smallest absolute Gasteiger partial charge is 0.274 e. The largest absolute Gasteiger partial charge is 0.368 e. The number of carbonyl (C=O) groups excluding carboxylic acids is 1. The van der Waals surface area contributed by atoms with Crippen LogP contribution in [-0.2, 0) is 6.54 Å². The molecule has 0 atom stereocenters. The summed E-state index contributed by atoms with van der Waals surface area (Å²) >= 11 is 0. The van der Waals surface area contributed by atoms with Crippen molar-refractivity contribution in [2.45, 2.75) is 13.5 Å². The summed E-state index contributed by atoms with van der Waals surface area (Å²) in [5.41, 5.74) is 4.83. The molecule has 1 aromatic carbocycles. The van der Waals surface area contributed by atoms with E-state index in [0.29, 0.717) is 25.3 Å².